The largest absolute Gasteiger partial charge is 0.320 e. The van der Waals surface area contributed by atoms with Crippen LogP contribution in [0.4, 0.5) is 0 Å². The van der Waals surface area contributed by atoms with Gasteiger partial charge in [-0.25, -0.2) is 0 Å². The number of rotatable bonds is 2. The van der Waals surface area contributed by atoms with Gasteiger partial charge < -0.3 is 5.73 Å². The van der Waals surface area contributed by atoms with Crippen LogP contribution in [0.5, 0.6) is 0 Å². The fraction of sp³-hybridized carbons (Fsp3) is 0.455. The van der Waals surface area contributed by atoms with Gasteiger partial charge in [0.25, 0.3) is 0 Å². The first-order chi connectivity index (χ1) is 6.00. The number of thiophene rings is 1. The van der Waals surface area contributed by atoms with Crippen LogP contribution < -0.4 is 5.73 Å². The van der Waals surface area contributed by atoms with Crippen LogP contribution in [-0.2, 0) is 0 Å². The molecule has 0 aliphatic heterocycles. The summed E-state index contributed by atoms with van der Waals surface area (Å²) >= 11 is 1.79. The van der Waals surface area contributed by atoms with E-state index in [0.29, 0.717) is 0 Å². The average molecular weight is 195 g/mol. The highest BCUT2D eigenvalue weighted by Gasteiger charge is 2.07. The van der Waals surface area contributed by atoms with Gasteiger partial charge in [-0.2, -0.15) is 0 Å². The highest BCUT2D eigenvalue weighted by molar-refractivity contribution is 7.12. The lowest BCUT2D eigenvalue weighted by Gasteiger charge is -2.03. The minimum absolute atomic E-state index is 0.0717. The number of nitrogens with two attached hydrogens (primary N) is 1. The second-order valence-corrected chi connectivity index (χ2v) is 4.95. The van der Waals surface area contributed by atoms with Crippen LogP contribution in [-0.4, -0.2) is 0 Å². The van der Waals surface area contributed by atoms with Crippen molar-refractivity contribution < 1.29 is 0 Å². The fourth-order valence-corrected chi connectivity index (χ4v) is 2.22. The van der Waals surface area contributed by atoms with E-state index in [9.17, 15) is 0 Å². The van der Waals surface area contributed by atoms with E-state index < -0.39 is 0 Å². The van der Waals surface area contributed by atoms with Gasteiger partial charge in [0.2, 0.25) is 0 Å². The van der Waals surface area contributed by atoms with Crippen LogP contribution >= 0.6 is 11.3 Å². The lowest BCUT2D eigenvalue weighted by molar-refractivity contribution is 0.922. The number of hydrogen-bond acceptors (Lipinski definition) is 2. The summed E-state index contributed by atoms with van der Waals surface area (Å²) in [6, 6.07) is 2.26. The Morgan fingerprint density at radius 1 is 1.46 bits per heavy atom. The van der Waals surface area contributed by atoms with Crippen molar-refractivity contribution in [2.24, 2.45) is 5.73 Å². The summed E-state index contributed by atoms with van der Waals surface area (Å²) in [6.45, 7) is 8.42. The van der Waals surface area contributed by atoms with Crippen LogP contribution in [0.15, 0.2) is 17.7 Å². The molecule has 0 aliphatic rings. The summed E-state index contributed by atoms with van der Waals surface area (Å²) in [5, 5.41) is 0. The quantitative estimate of drug-likeness (QED) is 0.720. The standard InChI is InChI=1S/C11H17NS/c1-7(2)5-10(12)11-6-8(3)9(4)13-11/h5-6,10H,12H2,1-4H3. The smallest absolute Gasteiger partial charge is 0.0578 e. The van der Waals surface area contributed by atoms with Crippen LogP contribution in [0.2, 0.25) is 0 Å². The second-order valence-electron chi connectivity index (χ2n) is 3.66. The fourth-order valence-electron chi connectivity index (χ4n) is 1.21. The number of hydrogen-bond donors (Lipinski definition) is 1. The van der Waals surface area contributed by atoms with Crippen molar-refractivity contribution in [2.45, 2.75) is 33.7 Å². The van der Waals surface area contributed by atoms with E-state index in [1.165, 1.54) is 20.9 Å². The molecule has 2 N–H and O–H groups in total. The van der Waals surface area contributed by atoms with Crippen LogP contribution in [0.1, 0.15) is 35.2 Å². The monoisotopic (exact) mass is 195 g/mol. The third kappa shape index (κ3) is 2.68. The van der Waals surface area contributed by atoms with Crippen molar-refractivity contribution >= 4 is 11.3 Å². The minimum atomic E-state index is 0.0717. The van der Waals surface area contributed by atoms with Crippen LogP contribution in [0.3, 0.4) is 0 Å². The molecule has 2 heteroatoms. The number of aryl methyl sites for hydroxylation is 2. The zero-order valence-corrected chi connectivity index (χ0v) is 9.53. The molecule has 0 radical (unpaired) electrons. The normalized spacial score (nSPS) is 12.7. The third-order valence-electron chi connectivity index (χ3n) is 2.03. The van der Waals surface area contributed by atoms with E-state index in [2.05, 4.69) is 39.8 Å². The van der Waals surface area contributed by atoms with Crippen molar-refractivity contribution in [3.63, 3.8) is 0 Å². The van der Waals surface area contributed by atoms with Gasteiger partial charge in [-0.3, -0.25) is 0 Å². The molecule has 0 aromatic carbocycles. The number of allylic oxidation sites excluding steroid dienone is 1. The summed E-state index contributed by atoms with van der Waals surface area (Å²) in [5.41, 5.74) is 8.63. The Morgan fingerprint density at radius 2 is 2.08 bits per heavy atom. The van der Waals surface area contributed by atoms with Crippen molar-refractivity contribution in [2.75, 3.05) is 0 Å². The Hall–Kier alpha value is -0.600. The molecule has 0 saturated heterocycles. The summed E-state index contributed by atoms with van der Waals surface area (Å²) in [4.78, 5) is 2.63. The molecule has 1 atom stereocenters. The van der Waals surface area contributed by atoms with Crippen LogP contribution in [0.25, 0.3) is 0 Å². The molecule has 1 heterocycles. The molecule has 72 valence electrons. The molecule has 0 fully saturated rings. The van der Waals surface area contributed by atoms with E-state index >= 15 is 0 Å². The van der Waals surface area contributed by atoms with Crippen molar-refractivity contribution in [1.82, 2.24) is 0 Å². The van der Waals surface area contributed by atoms with E-state index in [4.69, 9.17) is 5.73 Å². The SMILES string of the molecule is CC(C)=CC(N)c1cc(C)c(C)s1. The van der Waals surface area contributed by atoms with E-state index in [0.717, 1.165) is 0 Å². The molecule has 1 aromatic heterocycles. The first-order valence-electron chi connectivity index (χ1n) is 4.48. The first kappa shape index (κ1) is 10.5. The van der Waals surface area contributed by atoms with Gasteiger partial charge >= 0.3 is 0 Å². The van der Waals surface area contributed by atoms with Crippen molar-refractivity contribution in [3.8, 4) is 0 Å². The highest BCUT2D eigenvalue weighted by Crippen LogP contribution is 2.26. The lowest BCUT2D eigenvalue weighted by Crippen LogP contribution is -2.05. The lowest BCUT2D eigenvalue weighted by atomic mass is 10.1. The maximum Gasteiger partial charge on any atom is 0.0578 e. The Bertz CT molecular complexity index is 299. The molecule has 0 saturated carbocycles. The van der Waals surface area contributed by atoms with Crippen molar-refractivity contribution in [3.05, 3.63) is 33.0 Å². The molecule has 1 rings (SSSR count). The third-order valence-corrected chi connectivity index (χ3v) is 3.28. The summed E-state index contributed by atoms with van der Waals surface area (Å²) in [5.74, 6) is 0. The van der Waals surface area contributed by atoms with Gasteiger partial charge in [0, 0.05) is 9.75 Å². The van der Waals surface area contributed by atoms with Gasteiger partial charge in [-0.15, -0.1) is 11.3 Å². The second kappa shape index (κ2) is 4.07. The van der Waals surface area contributed by atoms with Crippen molar-refractivity contribution in [1.29, 1.82) is 0 Å². The predicted octanol–water partition coefficient (Wildman–Crippen LogP) is 3.33. The zero-order chi connectivity index (χ0) is 10.0. The molecule has 0 aliphatic carbocycles. The first-order valence-corrected chi connectivity index (χ1v) is 5.30. The minimum Gasteiger partial charge on any atom is -0.320 e. The molecule has 1 aromatic rings. The average Bonchev–Trinajstić information content (AvgIpc) is 2.31. The van der Waals surface area contributed by atoms with Gasteiger partial charge in [0.1, 0.15) is 0 Å². The molecule has 1 nitrogen and oxygen atoms in total. The Labute approximate surface area is 84.3 Å². The maximum atomic E-state index is 6.01. The van der Waals surface area contributed by atoms with E-state index in [1.807, 2.05) is 0 Å². The van der Waals surface area contributed by atoms with Gasteiger partial charge in [0.05, 0.1) is 6.04 Å². The summed E-state index contributed by atoms with van der Waals surface area (Å²) < 4.78 is 0. The Morgan fingerprint density at radius 3 is 2.46 bits per heavy atom. The summed E-state index contributed by atoms with van der Waals surface area (Å²) in [7, 11) is 0. The molecular formula is C11H17NS. The Kier molecular flexibility index (Phi) is 3.28. The van der Waals surface area contributed by atoms with Crippen LogP contribution in [0, 0.1) is 13.8 Å². The summed E-state index contributed by atoms with van der Waals surface area (Å²) in [6.07, 6.45) is 2.10. The van der Waals surface area contributed by atoms with E-state index in [-0.39, 0.29) is 6.04 Å². The molecule has 0 spiro atoms. The van der Waals surface area contributed by atoms with Gasteiger partial charge in [-0.1, -0.05) is 11.6 Å². The highest BCUT2D eigenvalue weighted by atomic mass is 32.1. The Balaban J connectivity index is 2.89. The van der Waals surface area contributed by atoms with Gasteiger partial charge in [0.15, 0.2) is 0 Å². The molecule has 0 bridgehead atoms. The molecule has 1 unspecified atom stereocenters. The molecular weight excluding hydrogens is 178 g/mol. The zero-order valence-electron chi connectivity index (χ0n) is 8.72. The van der Waals surface area contributed by atoms with Gasteiger partial charge in [-0.05, 0) is 39.3 Å². The predicted molar refractivity (Wildman–Crippen MR) is 60.2 cm³/mol. The topological polar surface area (TPSA) is 26.0 Å². The maximum absolute atomic E-state index is 6.01. The molecule has 13 heavy (non-hydrogen) atoms. The molecule has 0 amide bonds. The van der Waals surface area contributed by atoms with E-state index in [1.54, 1.807) is 11.3 Å².